The van der Waals surface area contributed by atoms with Crippen molar-refractivity contribution in [3.8, 4) is 0 Å². The van der Waals surface area contributed by atoms with Gasteiger partial charge < -0.3 is 14.6 Å². The van der Waals surface area contributed by atoms with Crippen molar-refractivity contribution in [2.24, 2.45) is 0 Å². The maximum Gasteiger partial charge on any atom is 0.336 e. The summed E-state index contributed by atoms with van der Waals surface area (Å²) in [6.07, 6.45) is -0.301. The average molecular weight is 258 g/mol. The van der Waals surface area contributed by atoms with Crippen LogP contribution in [0.1, 0.15) is 22.0 Å². The van der Waals surface area contributed by atoms with Crippen LogP contribution in [0.15, 0.2) is 36.4 Å². The van der Waals surface area contributed by atoms with E-state index in [4.69, 9.17) is 9.47 Å². The molecule has 1 atom stereocenters. The predicted octanol–water partition coefficient (Wildman–Crippen LogP) is 2.63. The number of hydrogen-bond donors (Lipinski definition) is 1. The Kier molecular flexibility index (Phi) is 3.19. The first-order chi connectivity index (χ1) is 9.27. The zero-order valence-corrected chi connectivity index (χ0v) is 10.3. The third-order valence-corrected chi connectivity index (χ3v) is 3.34. The van der Waals surface area contributed by atoms with E-state index in [1.807, 2.05) is 36.4 Å². The highest BCUT2D eigenvalue weighted by molar-refractivity contribution is 6.05. The fourth-order valence-corrected chi connectivity index (χ4v) is 2.46. The fraction of sp³-hybridized carbons (Fsp3) is 0.267. The average Bonchev–Trinajstić information content (AvgIpc) is 2.46. The molecule has 0 aromatic heterocycles. The van der Waals surface area contributed by atoms with Gasteiger partial charge in [-0.05, 0) is 16.3 Å². The second-order valence-electron chi connectivity index (χ2n) is 4.49. The molecule has 1 heterocycles. The molecule has 98 valence electrons. The fourth-order valence-electron chi connectivity index (χ4n) is 2.46. The van der Waals surface area contributed by atoms with Crippen LogP contribution in [0.3, 0.4) is 0 Å². The molecular weight excluding hydrogens is 244 g/mol. The Balaban J connectivity index is 2.18. The molecule has 1 aliphatic rings. The highest BCUT2D eigenvalue weighted by atomic mass is 16.6. The van der Waals surface area contributed by atoms with E-state index in [1.165, 1.54) is 0 Å². The van der Waals surface area contributed by atoms with Gasteiger partial charge in [0.2, 0.25) is 0 Å². The molecule has 1 unspecified atom stereocenters. The number of ether oxygens (including phenoxy) is 2. The minimum absolute atomic E-state index is 0.301. The lowest BCUT2D eigenvalue weighted by Crippen LogP contribution is -2.23. The van der Waals surface area contributed by atoms with E-state index in [1.54, 1.807) is 0 Å². The van der Waals surface area contributed by atoms with Crippen LogP contribution in [0, 0.1) is 0 Å². The second-order valence-corrected chi connectivity index (χ2v) is 4.49. The van der Waals surface area contributed by atoms with Gasteiger partial charge in [-0.15, -0.1) is 0 Å². The molecule has 0 aliphatic carbocycles. The van der Waals surface area contributed by atoms with E-state index in [9.17, 15) is 9.90 Å². The van der Waals surface area contributed by atoms with Crippen LogP contribution in [0.25, 0.3) is 10.8 Å². The molecule has 0 saturated carbocycles. The third kappa shape index (κ3) is 2.20. The van der Waals surface area contributed by atoms with Crippen molar-refractivity contribution in [2.45, 2.75) is 6.10 Å². The molecule has 19 heavy (non-hydrogen) atoms. The van der Waals surface area contributed by atoms with Gasteiger partial charge in [0.05, 0.1) is 25.4 Å². The number of fused-ring (bicyclic) bond motifs is 1. The van der Waals surface area contributed by atoms with Crippen LogP contribution < -0.4 is 0 Å². The Labute approximate surface area is 110 Å². The van der Waals surface area contributed by atoms with Crippen molar-refractivity contribution in [2.75, 3.05) is 19.8 Å². The SMILES string of the molecule is O=C(O)c1c(C2COCCO2)ccc2ccccc12. The van der Waals surface area contributed by atoms with Crippen LogP contribution in [-0.2, 0) is 9.47 Å². The summed E-state index contributed by atoms with van der Waals surface area (Å²) in [4.78, 5) is 11.6. The quantitative estimate of drug-likeness (QED) is 0.899. The summed E-state index contributed by atoms with van der Waals surface area (Å²) in [6.45, 7) is 1.46. The van der Waals surface area contributed by atoms with Crippen molar-refractivity contribution in [3.05, 3.63) is 47.5 Å². The molecule has 1 saturated heterocycles. The monoisotopic (exact) mass is 258 g/mol. The number of carboxylic acid groups (broad SMARTS) is 1. The molecule has 1 aliphatic heterocycles. The van der Waals surface area contributed by atoms with E-state index in [2.05, 4.69) is 0 Å². The smallest absolute Gasteiger partial charge is 0.336 e. The first-order valence-electron chi connectivity index (χ1n) is 6.21. The summed E-state index contributed by atoms with van der Waals surface area (Å²) in [5.41, 5.74) is 1.000. The zero-order chi connectivity index (χ0) is 13.2. The summed E-state index contributed by atoms with van der Waals surface area (Å²) in [6, 6.07) is 11.2. The van der Waals surface area contributed by atoms with Gasteiger partial charge in [-0.1, -0.05) is 36.4 Å². The Hall–Kier alpha value is -1.91. The van der Waals surface area contributed by atoms with Gasteiger partial charge >= 0.3 is 5.97 Å². The lowest BCUT2D eigenvalue weighted by atomic mass is 9.95. The highest BCUT2D eigenvalue weighted by Gasteiger charge is 2.24. The van der Waals surface area contributed by atoms with Gasteiger partial charge in [0.1, 0.15) is 6.10 Å². The molecule has 0 spiro atoms. The number of benzene rings is 2. The van der Waals surface area contributed by atoms with E-state index in [0.29, 0.717) is 30.9 Å². The lowest BCUT2D eigenvalue weighted by molar-refractivity contribution is -0.0903. The van der Waals surface area contributed by atoms with E-state index in [0.717, 1.165) is 10.8 Å². The van der Waals surface area contributed by atoms with Crippen molar-refractivity contribution < 1.29 is 19.4 Å². The van der Waals surface area contributed by atoms with Crippen LogP contribution in [0.5, 0.6) is 0 Å². The molecule has 3 rings (SSSR count). The minimum Gasteiger partial charge on any atom is -0.478 e. The van der Waals surface area contributed by atoms with Gasteiger partial charge in [-0.3, -0.25) is 0 Å². The van der Waals surface area contributed by atoms with E-state index in [-0.39, 0.29) is 6.10 Å². The maximum atomic E-state index is 11.6. The molecule has 2 aromatic rings. The summed E-state index contributed by atoms with van der Waals surface area (Å²) in [5.74, 6) is -0.930. The number of hydrogen-bond acceptors (Lipinski definition) is 3. The molecule has 1 fully saturated rings. The van der Waals surface area contributed by atoms with Gasteiger partial charge in [-0.25, -0.2) is 4.79 Å². The van der Waals surface area contributed by atoms with Crippen LogP contribution in [0.2, 0.25) is 0 Å². The number of carbonyl (C=O) groups is 1. The molecular formula is C15H14O4. The normalized spacial score (nSPS) is 19.5. The molecule has 0 radical (unpaired) electrons. The summed E-state index contributed by atoms with van der Waals surface area (Å²) < 4.78 is 11.0. The molecule has 2 aromatic carbocycles. The Bertz CT molecular complexity index is 615. The molecule has 1 N–H and O–H groups in total. The predicted molar refractivity (Wildman–Crippen MR) is 70.4 cm³/mol. The topological polar surface area (TPSA) is 55.8 Å². The standard InChI is InChI=1S/C15H14O4/c16-15(17)14-11-4-2-1-3-10(11)5-6-12(14)13-9-18-7-8-19-13/h1-6,13H,7-9H2,(H,16,17). The maximum absolute atomic E-state index is 11.6. The minimum atomic E-state index is -0.930. The summed E-state index contributed by atoms with van der Waals surface area (Å²) >= 11 is 0. The lowest BCUT2D eigenvalue weighted by Gasteiger charge is -2.25. The molecule has 4 nitrogen and oxygen atoms in total. The van der Waals surface area contributed by atoms with E-state index < -0.39 is 5.97 Å². The number of carboxylic acids is 1. The summed E-state index contributed by atoms with van der Waals surface area (Å²) in [7, 11) is 0. The van der Waals surface area contributed by atoms with Gasteiger partial charge in [0.25, 0.3) is 0 Å². The van der Waals surface area contributed by atoms with E-state index >= 15 is 0 Å². The molecule has 0 amide bonds. The Morgan fingerprint density at radius 2 is 2.00 bits per heavy atom. The van der Waals surface area contributed by atoms with Crippen molar-refractivity contribution >= 4 is 16.7 Å². The van der Waals surface area contributed by atoms with Crippen molar-refractivity contribution in [3.63, 3.8) is 0 Å². The number of aromatic carboxylic acids is 1. The summed E-state index contributed by atoms with van der Waals surface area (Å²) in [5, 5.41) is 11.2. The van der Waals surface area contributed by atoms with Crippen LogP contribution in [0.4, 0.5) is 0 Å². The first kappa shape index (κ1) is 12.1. The largest absolute Gasteiger partial charge is 0.478 e. The third-order valence-electron chi connectivity index (χ3n) is 3.34. The molecule has 4 heteroatoms. The van der Waals surface area contributed by atoms with Gasteiger partial charge in [0, 0.05) is 0 Å². The number of rotatable bonds is 2. The van der Waals surface area contributed by atoms with Gasteiger partial charge in [0.15, 0.2) is 0 Å². The molecule has 0 bridgehead atoms. The van der Waals surface area contributed by atoms with Crippen molar-refractivity contribution in [1.82, 2.24) is 0 Å². The van der Waals surface area contributed by atoms with Crippen LogP contribution in [-0.4, -0.2) is 30.9 Å². The highest BCUT2D eigenvalue weighted by Crippen LogP contribution is 2.30. The van der Waals surface area contributed by atoms with Crippen molar-refractivity contribution in [1.29, 1.82) is 0 Å². The Morgan fingerprint density at radius 3 is 2.74 bits per heavy atom. The zero-order valence-electron chi connectivity index (χ0n) is 10.3. The van der Waals surface area contributed by atoms with Gasteiger partial charge in [-0.2, -0.15) is 0 Å². The van der Waals surface area contributed by atoms with Crippen LogP contribution >= 0.6 is 0 Å². The first-order valence-corrected chi connectivity index (χ1v) is 6.21. The second kappa shape index (κ2) is 4.99. The Morgan fingerprint density at radius 1 is 1.16 bits per heavy atom.